The topological polar surface area (TPSA) is 12.0 Å². The fraction of sp³-hybridized carbons (Fsp3) is 0.684. The fourth-order valence-electron chi connectivity index (χ4n) is 4.18. The number of rotatable bonds is 7. The van der Waals surface area contributed by atoms with Crippen molar-refractivity contribution in [1.29, 1.82) is 0 Å². The molecule has 1 aromatic carbocycles. The summed E-state index contributed by atoms with van der Waals surface area (Å²) in [5, 5.41) is 3.83. The number of hydrogen-bond acceptors (Lipinski definition) is 1. The highest BCUT2D eigenvalue weighted by Gasteiger charge is 2.29. The van der Waals surface area contributed by atoms with Crippen LogP contribution in [0.25, 0.3) is 0 Å². The van der Waals surface area contributed by atoms with E-state index in [9.17, 15) is 0 Å². The maximum absolute atomic E-state index is 3.83. The molecule has 2 unspecified atom stereocenters. The number of benzene rings is 1. The van der Waals surface area contributed by atoms with Crippen LogP contribution in [0, 0.1) is 5.92 Å². The predicted molar refractivity (Wildman–Crippen MR) is 86.2 cm³/mol. The largest absolute Gasteiger partial charge is 0.314 e. The lowest BCUT2D eigenvalue weighted by Crippen LogP contribution is -2.35. The zero-order valence-corrected chi connectivity index (χ0v) is 12.9. The van der Waals surface area contributed by atoms with Crippen LogP contribution in [-0.4, -0.2) is 12.6 Å². The number of nitrogens with one attached hydrogen (secondary N) is 1. The molecular formula is C19H29N. The summed E-state index contributed by atoms with van der Waals surface area (Å²) in [6, 6.07) is 9.78. The van der Waals surface area contributed by atoms with Crippen LogP contribution in [0.5, 0.6) is 0 Å². The minimum Gasteiger partial charge on any atom is -0.314 e. The molecule has 110 valence electrons. The molecule has 1 N–H and O–H groups in total. The molecule has 1 saturated carbocycles. The van der Waals surface area contributed by atoms with E-state index in [2.05, 4.69) is 36.5 Å². The molecule has 1 nitrogen and oxygen atoms in total. The summed E-state index contributed by atoms with van der Waals surface area (Å²) in [6.45, 7) is 3.46. The molecule has 0 bridgehead atoms. The SMILES string of the molecule is CCCNC(CC1CCCC1)CC1Cc2ccccc21. The molecule has 20 heavy (non-hydrogen) atoms. The van der Waals surface area contributed by atoms with E-state index in [1.807, 2.05) is 0 Å². The van der Waals surface area contributed by atoms with Gasteiger partial charge in [-0.2, -0.15) is 0 Å². The quantitative estimate of drug-likeness (QED) is 0.760. The van der Waals surface area contributed by atoms with Crippen LogP contribution in [-0.2, 0) is 6.42 Å². The summed E-state index contributed by atoms with van der Waals surface area (Å²) in [6.07, 6.45) is 11.2. The van der Waals surface area contributed by atoms with Crippen molar-refractivity contribution >= 4 is 0 Å². The van der Waals surface area contributed by atoms with E-state index in [1.165, 1.54) is 57.9 Å². The van der Waals surface area contributed by atoms with Gasteiger partial charge in [-0.05, 0) is 55.2 Å². The normalized spacial score (nSPS) is 23.4. The van der Waals surface area contributed by atoms with Gasteiger partial charge in [0.15, 0.2) is 0 Å². The molecule has 2 atom stereocenters. The van der Waals surface area contributed by atoms with Crippen molar-refractivity contribution in [2.24, 2.45) is 5.92 Å². The van der Waals surface area contributed by atoms with Crippen LogP contribution in [0.3, 0.4) is 0 Å². The fourth-order valence-corrected chi connectivity index (χ4v) is 4.18. The Morgan fingerprint density at radius 2 is 1.95 bits per heavy atom. The number of fused-ring (bicyclic) bond motifs is 1. The Bertz CT molecular complexity index is 420. The third-order valence-electron chi connectivity index (χ3n) is 5.31. The van der Waals surface area contributed by atoms with Gasteiger partial charge in [0.25, 0.3) is 0 Å². The van der Waals surface area contributed by atoms with Gasteiger partial charge in [-0.3, -0.25) is 0 Å². The van der Waals surface area contributed by atoms with Crippen LogP contribution in [0.2, 0.25) is 0 Å². The van der Waals surface area contributed by atoms with Gasteiger partial charge in [0, 0.05) is 6.04 Å². The molecule has 0 heterocycles. The van der Waals surface area contributed by atoms with Gasteiger partial charge in [-0.25, -0.2) is 0 Å². The summed E-state index contributed by atoms with van der Waals surface area (Å²) in [4.78, 5) is 0. The van der Waals surface area contributed by atoms with Crippen molar-refractivity contribution in [2.75, 3.05) is 6.54 Å². The second-order valence-electron chi connectivity index (χ2n) is 6.87. The third kappa shape index (κ3) is 3.25. The average molecular weight is 271 g/mol. The Balaban J connectivity index is 1.56. The van der Waals surface area contributed by atoms with E-state index in [0.29, 0.717) is 0 Å². The highest BCUT2D eigenvalue weighted by Crippen LogP contribution is 2.39. The van der Waals surface area contributed by atoms with E-state index in [4.69, 9.17) is 0 Å². The minimum absolute atomic E-state index is 0.747. The van der Waals surface area contributed by atoms with Crippen LogP contribution >= 0.6 is 0 Å². The molecule has 0 amide bonds. The molecule has 2 aliphatic carbocycles. The molecule has 1 aromatic rings. The van der Waals surface area contributed by atoms with Crippen molar-refractivity contribution in [3.8, 4) is 0 Å². The first kappa shape index (κ1) is 14.1. The highest BCUT2D eigenvalue weighted by atomic mass is 14.9. The highest BCUT2D eigenvalue weighted by molar-refractivity contribution is 5.39. The Morgan fingerprint density at radius 3 is 2.70 bits per heavy atom. The van der Waals surface area contributed by atoms with Crippen molar-refractivity contribution in [3.05, 3.63) is 35.4 Å². The van der Waals surface area contributed by atoms with Crippen molar-refractivity contribution in [2.45, 2.75) is 70.3 Å². The maximum atomic E-state index is 3.83. The molecule has 0 aromatic heterocycles. The first-order valence-corrected chi connectivity index (χ1v) is 8.68. The minimum atomic E-state index is 0.747. The van der Waals surface area contributed by atoms with Crippen molar-refractivity contribution in [3.63, 3.8) is 0 Å². The van der Waals surface area contributed by atoms with Crippen LogP contribution in [0.15, 0.2) is 24.3 Å². The van der Waals surface area contributed by atoms with E-state index in [1.54, 1.807) is 11.1 Å². The van der Waals surface area contributed by atoms with Crippen LogP contribution in [0.4, 0.5) is 0 Å². The van der Waals surface area contributed by atoms with Gasteiger partial charge in [0.05, 0.1) is 0 Å². The van der Waals surface area contributed by atoms with E-state index in [0.717, 1.165) is 17.9 Å². The molecule has 1 fully saturated rings. The van der Waals surface area contributed by atoms with Gasteiger partial charge >= 0.3 is 0 Å². The van der Waals surface area contributed by atoms with Gasteiger partial charge < -0.3 is 5.32 Å². The second-order valence-corrected chi connectivity index (χ2v) is 6.87. The molecule has 0 radical (unpaired) electrons. The monoisotopic (exact) mass is 271 g/mol. The Kier molecular flexibility index (Phi) is 4.77. The summed E-state index contributed by atoms with van der Waals surface area (Å²) >= 11 is 0. The van der Waals surface area contributed by atoms with E-state index >= 15 is 0 Å². The third-order valence-corrected chi connectivity index (χ3v) is 5.31. The first-order valence-electron chi connectivity index (χ1n) is 8.68. The first-order chi connectivity index (χ1) is 9.86. The van der Waals surface area contributed by atoms with Crippen molar-refractivity contribution < 1.29 is 0 Å². The van der Waals surface area contributed by atoms with Gasteiger partial charge in [0.1, 0.15) is 0 Å². The Morgan fingerprint density at radius 1 is 1.15 bits per heavy atom. The summed E-state index contributed by atoms with van der Waals surface area (Å²) in [7, 11) is 0. The van der Waals surface area contributed by atoms with E-state index < -0.39 is 0 Å². The maximum Gasteiger partial charge on any atom is 0.00756 e. The molecule has 2 aliphatic rings. The molecule has 3 rings (SSSR count). The Hall–Kier alpha value is -0.820. The summed E-state index contributed by atoms with van der Waals surface area (Å²) in [5.41, 5.74) is 3.22. The second kappa shape index (κ2) is 6.76. The molecule has 0 spiro atoms. The van der Waals surface area contributed by atoms with Crippen molar-refractivity contribution in [1.82, 2.24) is 5.32 Å². The zero-order valence-electron chi connectivity index (χ0n) is 12.9. The van der Waals surface area contributed by atoms with Crippen LogP contribution in [0.1, 0.15) is 68.9 Å². The molecule has 1 heteroatoms. The summed E-state index contributed by atoms with van der Waals surface area (Å²) in [5.74, 6) is 1.82. The number of hydrogen-bond donors (Lipinski definition) is 1. The standard InChI is InChI=1S/C19H29N/c1-2-11-20-18(12-15-7-3-4-8-15)14-17-13-16-9-5-6-10-19(16)17/h5-6,9-10,15,17-18,20H,2-4,7-8,11-14H2,1H3. The van der Waals surface area contributed by atoms with E-state index in [-0.39, 0.29) is 0 Å². The van der Waals surface area contributed by atoms with Gasteiger partial charge in [0.2, 0.25) is 0 Å². The lowest BCUT2D eigenvalue weighted by molar-refractivity contribution is 0.342. The molecule has 0 aliphatic heterocycles. The average Bonchev–Trinajstić information content (AvgIpc) is 2.94. The van der Waals surface area contributed by atoms with Crippen LogP contribution < -0.4 is 5.32 Å². The molecular weight excluding hydrogens is 242 g/mol. The van der Waals surface area contributed by atoms with Gasteiger partial charge in [-0.15, -0.1) is 0 Å². The predicted octanol–water partition coefficient (Wildman–Crippen LogP) is 4.66. The zero-order chi connectivity index (χ0) is 13.8. The summed E-state index contributed by atoms with van der Waals surface area (Å²) < 4.78 is 0. The Labute approximate surface area is 124 Å². The molecule has 0 saturated heterocycles. The van der Waals surface area contributed by atoms with Gasteiger partial charge in [-0.1, -0.05) is 56.9 Å². The lowest BCUT2D eigenvalue weighted by Gasteiger charge is -2.34. The lowest BCUT2D eigenvalue weighted by atomic mass is 9.73. The smallest absolute Gasteiger partial charge is 0.00756 e.